The fourth-order valence-electron chi connectivity index (χ4n) is 12.4. The highest BCUT2D eigenvalue weighted by Crippen LogP contribution is 2.20. The van der Waals surface area contributed by atoms with Gasteiger partial charge in [0.1, 0.15) is 0 Å². The SMILES string of the molecule is CCCCCC/C=C\CCCCCCCC(=O)OCCCCCCCCCCC/C=C\C/C=C\CCCCCCCCCCCCCCCCCCCC(=O)NC(CO)C(O)CCCCCCCCCCCCCCCCCCCCCCCCC. The number of aliphatic hydroxyl groups is 2. The van der Waals surface area contributed by atoms with E-state index < -0.39 is 12.1 Å². The summed E-state index contributed by atoms with van der Waals surface area (Å²) >= 11 is 0. The summed E-state index contributed by atoms with van der Waals surface area (Å²) in [6, 6.07) is -0.542. The first-order valence-corrected chi connectivity index (χ1v) is 39.2. The highest BCUT2D eigenvalue weighted by atomic mass is 16.5. The quantitative estimate of drug-likeness (QED) is 0.0320. The van der Waals surface area contributed by atoms with Crippen molar-refractivity contribution in [3.8, 4) is 0 Å². The molecule has 0 aromatic carbocycles. The number of nitrogens with one attached hydrogen (secondary N) is 1. The molecule has 0 aliphatic carbocycles. The van der Waals surface area contributed by atoms with Crippen molar-refractivity contribution < 1.29 is 24.5 Å². The van der Waals surface area contributed by atoms with Crippen LogP contribution in [0.25, 0.3) is 0 Å². The third-order valence-electron chi connectivity index (χ3n) is 18.4. The van der Waals surface area contributed by atoms with Crippen molar-refractivity contribution in [3.63, 3.8) is 0 Å². The van der Waals surface area contributed by atoms with Gasteiger partial charge < -0.3 is 20.3 Å². The molecule has 2 atom stereocenters. The summed E-state index contributed by atoms with van der Waals surface area (Å²) in [6.45, 7) is 4.98. The number of hydrogen-bond acceptors (Lipinski definition) is 5. The predicted molar refractivity (Wildman–Crippen MR) is 379 cm³/mol. The number of carbonyl (C=O) groups excluding carboxylic acids is 2. The van der Waals surface area contributed by atoms with Gasteiger partial charge in [0.25, 0.3) is 0 Å². The van der Waals surface area contributed by atoms with Gasteiger partial charge in [-0.05, 0) is 83.5 Å². The standard InChI is InChI=1S/C80H153NO5/c1-3-5-7-9-11-13-15-17-18-19-20-21-33-36-39-42-45-49-52-56-60-64-68-72-78(83)77(76-82)81-79(84)73-69-65-61-57-53-50-46-43-40-37-34-31-29-27-25-23-22-24-26-28-30-32-35-38-41-44-47-51-55-59-63-67-71-75-86-80(85)74-70-66-62-58-54-48-16-14-12-10-8-6-4-2/h14,16,26,28,32,35,77-78,82-83H,3-13,15,17-25,27,29-31,33-34,36-76H2,1-2H3,(H,81,84)/b16-14-,28-26-,35-32-. The molecule has 6 heteroatoms. The molecule has 0 aromatic rings. The Morgan fingerprint density at radius 3 is 0.907 bits per heavy atom. The first-order chi connectivity index (χ1) is 42.5. The lowest BCUT2D eigenvalue weighted by molar-refractivity contribution is -0.143. The maximum atomic E-state index is 12.6. The number of allylic oxidation sites excluding steroid dienone is 6. The molecule has 508 valence electrons. The Morgan fingerprint density at radius 2 is 0.581 bits per heavy atom. The molecule has 6 nitrogen and oxygen atoms in total. The third-order valence-corrected chi connectivity index (χ3v) is 18.4. The van der Waals surface area contributed by atoms with Crippen LogP contribution in [0, 0.1) is 0 Å². The van der Waals surface area contributed by atoms with Crippen molar-refractivity contribution in [3.05, 3.63) is 36.5 Å². The maximum Gasteiger partial charge on any atom is 0.305 e. The van der Waals surface area contributed by atoms with Crippen molar-refractivity contribution in [2.24, 2.45) is 0 Å². The zero-order valence-corrected chi connectivity index (χ0v) is 58.3. The summed E-state index contributed by atoms with van der Waals surface area (Å²) in [4.78, 5) is 24.6. The molecule has 3 N–H and O–H groups in total. The summed E-state index contributed by atoms with van der Waals surface area (Å²) in [6.07, 6.45) is 98.0. The topological polar surface area (TPSA) is 95.9 Å². The molecule has 0 saturated heterocycles. The Kier molecular flexibility index (Phi) is 73.9. The molecule has 0 aliphatic heterocycles. The first-order valence-electron chi connectivity index (χ1n) is 39.2. The zero-order chi connectivity index (χ0) is 62.0. The number of unbranched alkanes of at least 4 members (excludes halogenated alkanes) is 57. The minimum absolute atomic E-state index is 0.00553. The van der Waals surface area contributed by atoms with Gasteiger partial charge in [-0.15, -0.1) is 0 Å². The maximum absolute atomic E-state index is 12.6. The molecule has 0 bridgehead atoms. The lowest BCUT2D eigenvalue weighted by Crippen LogP contribution is -2.45. The van der Waals surface area contributed by atoms with Crippen LogP contribution in [0.1, 0.15) is 438 Å². The molecule has 2 unspecified atom stereocenters. The number of rotatable bonds is 74. The molecule has 0 aromatic heterocycles. The van der Waals surface area contributed by atoms with E-state index in [4.69, 9.17) is 4.74 Å². The zero-order valence-electron chi connectivity index (χ0n) is 58.3. The second-order valence-electron chi connectivity index (χ2n) is 27.0. The number of amides is 1. The fraction of sp³-hybridized carbons (Fsp3) is 0.900. The van der Waals surface area contributed by atoms with Gasteiger partial charge in [-0.2, -0.15) is 0 Å². The second-order valence-corrected chi connectivity index (χ2v) is 27.0. The molecular weight excluding hydrogens is 1050 g/mol. The molecular formula is C80H153NO5. The van der Waals surface area contributed by atoms with E-state index in [1.807, 2.05) is 0 Å². The van der Waals surface area contributed by atoms with Gasteiger partial charge in [0.05, 0.1) is 25.4 Å². The van der Waals surface area contributed by atoms with Crippen LogP contribution in [0.3, 0.4) is 0 Å². The average Bonchev–Trinajstić information content (AvgIpc) is 3.55. The molecule has 0 fully saturated rings. The van der Waals surface area contributed by atoms with Gasteiger partial charge >= 0.3 is 5.97 Å². The number of carbonyl (C=O) groups is 2. The predicted octanol–water partition coefficient (Wildman–Crippen LogP) is 25.8. The lowest BCUT2D eigenvalue weighted by atomic mass is 10.0. The molecule has 0 spiro atoms. The van der Waals surface area contributed by atoms with E-state index in [2.05, 4.69) is 55.6 Å². The van der Waals surface area contributed by atoms with Crippen LogP contribution in [0.5, 0.6) is 0 Å². The molecule has 86 heavy (non-hydrogen) atoms. The van der Waals surface area contributed by atoms with Crippen LogP contribution in [-0.4, -0.2) is 47.4 Å². The number of aliphatic hydroxyl groups excluding tert-OH is 2. The van der Waals surface area contributed by atoms with Crippen molar-refractivity contribution in [2.45, 2.75) is 450 Å². The van der Waals surface area contributed by atoms with Crippen molar-refractivity contribution >= 4 is 11.9 Å². The van der Waals surface area contributed by atoms with E-state index in [0.29, 0.717) is 25.9 Å². The van der Waals surface area contributed by atoms with Gasteiger partial charge in [-0.25, -0.2) is 0 Å². The van der Waals surface area contributed by atoms with E-state index in [-0.39, 0.29) is 18.5 Å². The van der Waals surface area contributed by atoms with E-state index >= 15 is 0 Å². The molecule has 0 heterocycles. The number of hydrogen-bond donors (Lipinski definition) is 3. The van der Waals surface area contributed by atoms with Crippen LogP contribution in [0.4, 0.5) is 0 Å². The van der Waals surface area contributed by atoms with E-state index in [1.165, 1.54) is 353 Å². The van der Waals surface area contributed by atoms with Gasteiger partial charge in [0.2, 0.25) is 5.91 Å². The number of ether oxygens (including phenoxy) is 1. The first kappa shape index (κ1) is 84.1. The Bertz CT molecular complexity index is 1390. The summed E-state index contributed by atoms with van der Waals surface area (Å²) < 4.78 is 5.48. The van der Waals surface area contributed by atoms with Crippen LogP contribution in [-0.2, 0) is 14.3 Å². The minimum Gasteiger partial charge on any atom is -0.466 e. The molecule has 1 amide bonds. The Balaban J connectivity index is 3.38. The molecule has 0 radical (unpaired) electrons. The Morgan fingerprint density at radius 1 is 0.326 bits per heavy atom. The third kappa shape index (κ3) is 71.2. The van der Waals surface area contributed by atoms with Crippen LogP contribution in [0.15, 0.2) is 36.5 Å². The molecule has 0 saturated carbocycles. The normalized spacial score (nSPS) is 12.7. The highest BCUT2D eigenvalue weighted by molar-refractivity contribution is 5.76. The van der Waals surface area contributed by atoms with Crippen LogP contribution >= 0.6 is 0 Å². The van der Waals surface area contributed by atoms with Crippen molar-refractivity contribution in [1.82, 2.24) is 5.32 Å². The fourth-order valence-corrected chi connectivity index (χ4v) is 12.4. The number of esters is 1. The smallest absolute Gasteiger partial charge is 0.305 e. The van der Waals surface area contributed by atoms with Gasteiger partial charge in [0.15, 0.2) is 0 Å². The van der Waals surface area contributed by atoms with E-state index in [9.17, 15) is 19.8 Å². The molecule has 0 aliphatic rings. The highest BCUT2D eigenvalue weighted by Gasteiger charge is 2.20. The van der Waals surface area contributed by atoms with E-state index in [0.717, 1.165) is 51.4 Å². The minimum atomic E-state index is -0.665. The van der Waals surface area contributed by atoms with Gasteiger partial charge in [-0.3, -0.25) is 9.59 Å². The second kappa shape index (κ2) is 75.5. The van der Waals surface area contributed by atoms with Crippen LogP contribution in [0.2, 0.25) is 0 Å². The Hall–Kier alpha value is -1.92. The van der Waals surface area contributed by atoms with Crippen molar-refractivity contribution in [1.29, 1.82) is 0 Å². The van der Waals surface area contributed by atoms with E-state index in [1.54, 1.807) is 0 Å². The summed E-state index contributed by atoms with van der Waals surface area (Å²) in [5.41, 5.74) is 0. The molecule has 0 rings (SSSR count). The summed E-state index contributed by atoms with van der Waals surface area (Å²) in [5.74, 6) is -0.0224. The monoisotopic (exact) mass is 1210 g/mol. The lowest BCUT2D eigenvalue weighted by Gasteiger charge is -2.22. The average molecular weight is 1210 g/mol. The van der Waals surface area contributed by atoms with Crippen LogP contribution < -0.4 is 5.32 Å². The van der Waals surface area contributed by atoms with Gasteiger partial charge in [0, 0.05) is 12.8 Å². The Labute approximate surface area is 538 Å². The van der Waals surface area contributed by atoms with Gasteiger partial charge in [-0.1, -0.05) is 378 Å². The summed E-state index contributed by atoms with van der Waals surface area (Å²) in [7, 11) is 0. The largest absolute Gasteiger partial charge is 0.466 e. The van der Waals surface area contributed by atoms with Crippen molar-refractivity contribution in [2.75, 3.05) is 13.2 Å². The summed E-state index contributed by atoms with van der Waals surface area (Å²) in [5, 5.41) is 23.5.